The molecule has 4 heavy (non-hydrogen) atoms. The minimum atomic E-state index is 0. The Morgan fingerprint density at radius 1 is 1.00 bits per heavy atom. The zero-order chi connectivity index (χ0) is 0. The van der Waals surface area contributed by atoms with E-state index in [0.29, 0.717) is 0 Å². The van der Waals surface area contributed by atoms with Gasteiger partial charge in [0.25, 0.3) is 0 Å². The minimum Gasteiger partial charge on any atom is 0 e. The summed E-state index contributed by atoms with van der Waals surface area (Å²) in [5, 5.41) is 0. The first kappa shape index (κ1) is 23.0. The molecule has 0 N–H and O–H groups in total. The summed E-state index contributed by atoms with van der Waals surface area (Å²) in [6.45, 7) is 0. The normalized spacial score (nSPS) is 0. The molecule has 0 aromatic heterocycles. The maximum absolute atomic E-state index is 0. The van der Waals surface area contributed by atoms with Gasteiger partial charge in [-0.05, 0) is 0 Å². The molecule has 0 rings (SSSR count). The van der Waals surface area contributed by atoms with Crippen LogP contribution in [0, 0.1) is 152 Å². The third-order valence-electron chi connectivity index (χ3n) is 0. The molecule has 0 nitrogen and oxygen atoms in total. The summed E-state index contributed by atoms with van der Waals surface area (Å²) in [7, 11) is 0. The van der Waals surface area contributed by atoms with E-state index in [2.05, 4.69) is 0 Å². The molecule has 0 saturated carbocycles. The van der Waals surface area contributed by atoms with Gasteiger partial charge < -0.3 is 0 Å². The summed E-state index contributed by atoms with van der Waals surface area (Å²) in [6, 6.07) is 0. The Balaban J connectivity index is 0. The molecule has 0 spiro atoms. The van der Waals surface area contributed by atoms with Crippen molar-refractivity contribution in [3.8, 4) is 0 Å². The van der Waals surface area contributed by atoms with Gasteiger partial charge in [0.15, 0.2) is 0 Å². The van der Waals surface area contributed by atoms with Crippen LogP contribution in [0.3, 0.4) is 0 Å². The third-order valence-corrected chi connectivity index (χ3v) is 0. The smallest absolute Gasteiger partial charge is 0 e. The van der Waals surface area contributed by atoms with E-state index in [9.17, 15) is 0 Å². The average molecular weight is 654 g/mol. The van der Waals surface area contributed by atoms with Crippen molar-refractivity contribution in [2.75, 3.05) is 0 Å². The predicted octanol–water partition coefficient (Wildman–Crippen LogP) is 0. The SMILES string of the molecule is [Dy].[Er].[Ho].[Tb]. The molecule has 0 amide bonds. The Bertz CT molecular complexity index is 8.00. The van der Waals surface area contributed by atoms with Crippen LogP contribution in [-0.4, -0.2) is 0 Å². The van der Waals surface area contributed by atoms with E-state index in [4.69, 9.17) is 0 Å². The predicted molar refractivity (Wildman–Crippen MR) is 0 cm³/mol. The van der Waals surface area contributed by atoms with Crippen LogP contribution in [0.5, 0.6) is 0 Å². The summed E-state index contributed by atoms with van der Waals surface area (Å²) in [5.41, 5.74) is 0. The largest absolute Gasteiger partial charge is 0 e. The van der Waals surface area contributed by atoms with E-state index in [1.54, 1.807) is 0 Å². The molecular weight excluding hydrogens is 654 g/mol. The number of hydrogen-bond acceptors (Lipinski definition) is 0. The van der Waals surface area contributed by atoms with Crippen molar-refractivity contribution in [3.05, 3.63) is 0 Å². The van der Waals surface area contributed by atoms with Gasteiger partial charge in [0.1, 0.15) is 0 Å². The van der Waals surface area contributed by atoms with Crippen LogP contribution >= 0.6 is 0 Å². The van der Waals surface area contributed by atoms with Gasteiger partial charge in [-0.25, -0.2) is 0 Å². The summed E-state index contributed by atoms with van der Waals surface area (Å²) < 4.78 is 0. The van der Waals surface area contributed by atoms with Crippen molar-refractivity contribution in [3.63, 3.8) is 0 Å². The average Bonchev–Trinajstić information content (AvgIpc) is 0. The van der Waals surface area contributed by atoms with Crippen molar-refractivity contribution >= 4 is 0 Å². The topological polar surface area (TPSA) is 0 Å². The Labute approximate surface area is 147 Å². The van der Waals surface area contributed by atoms with Crippen molar-refractivity contribution < 1.29 is 152 Å². The maximum Gasteiger partial charge on any atom is 0 e. The molecule has 0 heterocycles. The molecule has 0 bridgehead atoms. The monoisotopic (exact) mass is 654 g/mol. The molecule has 0 aliphatic carbocycles. The van der Waals surface area contributed by atoms with Gasteiger partial charge in [-0.15, -0.1) is 0 Å². The number of hydrogen-bond donors (Lipinski definition) is 0. The van der Waals surface area contributed by atoms with Crippen LogP contribution in [0.15, 0.2) is 0 Å². The Kier molecular flexibility index (Phi) is 90.2. The van der Waals surface area contributed by atoms with E-state index in [1.165, 1.54) is 0 Å². The Morgan fingerprint density at radius 3 is 1.00 bits per heavy atom. The van der Waals surface area contributed by atoms with Crippen LogP contribution in [0.1, 0.15) is 0 Å². The fourth-order valence-corrected chi connectivity index (χ4v) is 0. The van der Waals surface area contributed by atoms with Crippen molar-refractivity contribution in [1.82, 2.24) is 0 Å². The van der Waals surface area contributed by atoms with Crippen molar-refractivity contribution in [1.29, 1.82) is 0 Å². The van der Waals surface area contributed by atoms with Gasteiger partial charge in [-0.2, -0.15) is 0 Å². The molecule has 0 aliphatic heterocycles. The molecule has 0 atom stereocenters. The second-order valence-electron chi connectivity index (χ2n) is 0. The van der Waals surface area contributed by atoms with Crippen LogP contribution in [0.25, 0.3) is 0 Å². The van der Waals surface area contributed by atoms with E-state index < -0.39 is 0 Å². The number of rotatable bonds is 0. The Hall–Kier alpha value is 5.06. The first-order valence-corrected chi connectivity index (χ1v) is 0. The van der Waals surface area contributed by atoms with Crippen molar-refractivity contribution in [2.24, 2.45) is 0 Å². The minimum absolute atomic E-state index is 0. The quantitative estimate of drug-likeness (QED) is 0.324. The van der Waals surface area contributed by atoms with Crippen molar-refractivity contribution in [2.45, 2.75) is 0 Å². The fourth-order valence-electron chi connectivity index (χ4n) is 0. The van der Waals surface area contributed by atoms with Crippen LogP contribution in [0.2, 0.25) is 0 Å². The summed E-state index contributed by atoms with van der Waals surface area (Å²) in [4.78, 5) is 0. The third kappa shape index (κ3) is 10.1. The van der Waals surface area contributed by atoms with Crippen LogP contribution in [0.4, 0.5) is 0 Å². The molecule has 2 radical (unpaired) electrons. The van der Waals surface area contributed by atoms with Crippen LogP contribution in [-0.2, 0) is 0 Å². The van der Waals surface area contributed by atoms with Gasteiger partial charge in [-0.1, -0.05) is 0 Å². The van der Waals surface area contributed by atoms with Gasteiger partial charge in [0.05, 0.1) is 0 Å². The fraction of sp³-hybridized carbons (Fsp3) is 0. The molecule has 0 aliphatic rings. The molecule has 0 aromatic rings. The van der Waals surface area contributed by atoms with E-state index in [-0.39, 0.29) is 152 Å². The zero-order valence-corrected chi connectivity index (χ0v) is 9.19. The zero-order valence-electron chi connectivity index (χ0n) is 1.24. The van der Waals surface area contributed by atoms with Gasteiger partial charge in [0, 0.05) is 152 Å². The molecule has 0 unspecified atom stereocenters. The second kappa shape index (κ2) is 15.7. The molecular formula is DyErHoTb. The molecule has 42 valence electrons. The van der Waals surface area contributed by atoms with Gasteiger partial charge in [0.2, 0.25) is 0 Å². The van der Waals surface area contributed by atoms with E-state index in [0.717, 1.165) is 0 Å². The molecule has 4 heteroatoms. The summed E-state index contributed by atoms with van der Waals surface area (Å²) in [6.07, 6.45) is 0. The molecule has 0 aromatic carbocycles. The van der Waals surface area contributed by atoms with Gasteiger partial charge in [-0.3, -0.25) is 0 Å². The van der Waals surface area contributed by atoms with E-state index in [1.807, 2.05) is 0 Å². The Morgan fingerprint density at radius 2 is 1.00 bits per heavy atom. The maximum atomic E-state index is 0. The standard InChI is InChI=1S/Dy.Er.Ho.Tb. The van der Waals surface area contributed by atoms with E-state index >= 15 is 0 Å². The van der Waals surface area contributed by atoms with Crippen LogP contribution < -0.4 is 0 Å². The summed E-state index contributed by atoms with van der Waals surface area (Å²) >= 11 is 0. The first-order valence-electron chi connectivity index (χ1n) is 0. The second-order valence-corrected chi connectivity index (χ2v) is 0. The molecule has 0 saturated heterocycles. The van der Waals surface area contributed by atoms with Gasteiger partial charge >= 0.3 is 0 Å². The molecule has 0 fully saturated rings. The summed E-state index contributed by atoms with van der Waals surface area (Å²) in [5.74, 6) is 0. The first-order chi connectivity index (χ1) is 0.